The number of nitrogens with zero attached hydrogens (tertiary/aromatic N) is 2. The summed E-state index contributed by atoms with van der Waals surface area (Å²) in [6.07, 6.45) is 7.88. The van der Waals surface area contributed by atoms with E-state index in [4.69, 9.17) is 9.73 Å². The number of hydrogen-bond acceptors (Lipinski definition) is 3. The van der Waals surface area contributed by atoms with Gasteiger partial charge in [-0.05, 0) is 59.2 Å². The average molecular weight is 509 g/mol. The summed E-state index contributed by atoms with van der Waals surface area (Å²) in [5, 5.41) is 6.42. The summed E-state index contributed by atoms with van der Waals surface area (Å²) in [6.45, 7) is 0.573. The second-order valence-electron chi connectivity index (χ2n) is 7.32. The summed E-state index contributed by atoms with van der Waals surface area (Å²) in [4.78, 5) is 17.3. The zero-order valence-electron chi connectivity index (χ0n) is 16.5. The number of halogens is 1. The highest BCUT2D eigenvalue weighted by Crippen LogP contribution is 2.27. The van der Waals surface area contributed by atoms with Crippen LogP contribution in [0, 0.1) is 3.57 Å². The van der Waals surface area contributed by atoms with Crippen molar-refractivity contribution in [2.24, 2.45) is 4.99 Å². The largest absolute Gasteiger partial charge is 0.481 e. The van der Waals surface area contributed by atoms with Crippen molar-refractivity contribution in [1.82, 2.24) is 9.72 Å². The zero-order valence-corrected chi connectivity index (χ0v) is 18.6. The molecule has 0 fully saturated rings. The molecule has 30 heavy (non-hydrogen) atoms. The Bertz CT molecular complexity index is 1370. The highest BCUT2D eigenvalue weighted by Gasteiger charge is 2.17. The van der Waals surface area contributed by atoms with Gasteiger partial charge in [-0.15, -0.1) is 0 Å². The average Bonchev–Trinajstić information content (AvgIpc) is 3.29. The van der Waals surface area contributed by atoms with Crippen LogP contribution in [0.5, 0.6) is 0 Å². The Morgan fingerprint density at radius 2 is 2.07 bits per heavy atom. The number of allylic oxidation sites excluding steroid dienone is 1. The molecule has 3 heterocycles. The third-order valence-electron chi connectivity index (χ3n) is 5.51. The summed E-state index contributed by atoms with van der Waals surface area (Å²) >= 11 is 2.19. The summed E-state index contributed by atoms with van der Waals surface area (Å²) in [5.41, 5.74) is 4.23. The Labute approximate surface area is 187 Å². The van der Waals surface area contributed by atoms with Gasteiger partial charge in [-0.3, -0.25) is 4.79 Å². The first-order chi connectivity index (χ1) is 14.7. The van der Waals surface area contributed by atoms with Crippen LogP contribution >= 0.6 is 22.6 Å². The highest BCUT2D eigenvalue weighted by atomic mass is 127. The first-order valence-electron chi connectivity index (χ1n) is 9.85. The summed E-state index contributed by atoms with van der Waals surface area (Å²) in [6, 6.07) is 14.0. The zero-order chi connectivity index (χ0) is 20.7. The quantitative estimate of drug-likeness (QED) is 0.413. The lowest BCUT2D eigenvalue weighted by Crippen LogP contribution is -2.26. The second kappa shape index (κ2) is 7.75. The molecule has 1 aliphatic rings. The number of benzene rings is 2. The molecule has 0 aliphatic carbocycles. The van der Waals surface area contributed by atoms with E-state index in [9.17, 15) is 4.79 Å². The molecule has 1 amide bonds. The molecule has 1 N–H and O–H groups in total. The number of aromatic nitrogens is 1. The first-order valence-corrected chi connectivity index (χ1v) is 10.9. The van der Waals surface area contributed by atoms with Gasteiger partial charge in [0, 0.05) is 38.8 Å². The van der Waals surface area contributed by atoms with E-state index < -0.39 is 0 Å². The molecular formula is C24H20IN3O2. The van der Waals surface area contributed by atoms with Crippen LogP contribution in [0.2, 0.25) is 0 Å². The van der Waals surface area contributed by atoms with Gasteiger partial charge in [-0.25, -0.2) is 4.99 Å². The Morgan fingerprint density at radius 1 is 1.20 bits per heavy atom. The van der Waals surface area contributed by atoms with E-state index in [0.717, 1.165) is 27.3 Å². The number of carbonyl (C=O) groups excluding carboxylic acids is 1. The minimum absolute atomic E-state index is 0.0373. The van der Waals surface area contributed by atoms with Crippen molar-refractivity contribution in [3.05, 3.63) is 92.4 Å². The van der Waals surface area contributed by atoms with Gasteiger partial charge in [0.15, 0.2) is 0 Å². The third-order valence-corrected chi connectivity index (χ3v) is 6.45. The minimum Gasteiger partial charge on any atom is -0.481 e. The molecule has 2 aromatic heterocycles. The van der Waals surface area contributed by atoms with E-state index in [1.165, 1.54) is 21.9 Å². The van der Waals surface area contributed by atoms with Gasteiger partial charge < -0.3 is 14.5 Å². The number of amides is 1. The smallest absolute Gasteiger partial charge is 0.252 e. The normalized spacial score (nSPS) is 13.1. The molecule has 0 atom stereocenters. The van der Waals surface area contributed by atoms with Crippen LogP contribution in [-0.4, -0.2) is 24.0 Å². The van der Waals surface area contributed by atoms with Crippen LogP contribution in [0.3, 0.4) is 0 Å². The Kier molecular flexibility index (Phi) is 4.94. The molecule has 2 aromatic carbocycles. The van der Waals surface area contributed by atoms with Gasteiger partial charge in [0.05, 0.1) is 23.5 Å². The van der Waals surface area contributed by atoms with Crippen molar-refractivity contribution in [3.63, 3.8) is 0 Å². The number of methoxy groups -OCH3 is 1. The monoisotopic (exact) mass is 509 g/mol. The SMILES string of the molecule is COC1=CCc2cn3cc4cccc(CCNC(=O)c5ccccc5I)c4c3c2=N1. The molecule has 5 nitrogen and oxygen atoms in total. The Balaban J connectivity index is 1.47. The number of ether oxygens (including phenoxy) is 1. The molecule has 0 unspecified atom stereocenters. The lowest BCUT2D eigenvalue weighted by atomic mass is 10.0. The van der Waals surface area contributed by atoms with Crippen molar-refractivity contribution in [3.8, 4) is 0 Å². The number of hydrogen-bond donors (Lipinski definition) is 1. The lowest BCUT2D eigenvalue weighted by molar-refractivity contribution is 0.0953. The molecule has 0 bridgehead atoms. The lowest BCUT2D eigenvalue weighted by Gasteiger charge is -2.08. The van der Waals surface area contributed by atoms with E-state index in [2.05, 4.69) is 62.9 Å². The Morgan fingerprint density at radius 3 is 2.90 bits per heavy atom. The minimum atomic E-state index is -0.0373. The number of nitrogens with one attached hydrogen (secondary N) is 1. The molecule has 0 radical (unpaired) electrons. The van der Waals surface area contributed by atoms with Crippen LogP contribution < -0.4 is 10.7 Å². The maximum absolute atomic E-state index is 12.5. The van der Waals surface area contributed by atoms with Gasteiger partial charge in [-0.1, -0.05) is 30.3 Å². The van der Waals surface area contributed by atoms with Gasteiger partial charge in [0.2, 0.25) is 5.88 Å². The van der Waals surface area contributed by atoms with Crippen molar-refractivity contribution >= 4 is 44.8 Å². The van der Waals surface area contributed by atoms with Crippen molar-refractivity contribution < 1.29 is 9.53 Å². The molecular weight excluding hydrogens is 489 g/mol. The Hall–Kier alpha value is -2.87. The summed E-state index contributed by atoms with van der Waals surface area (Å²) in [5.74, 6) is 0.622. The van der Waals surface area contributed by atoms with Gasteiger partial charge >= 0.3 is 0 Å². The van der Waals surface area contributed by atoms with Crippen molar-refractivity contribution in [2.45, 2.75) is 12.8 Å². The predicted molar refractivity (Wildman–Crippen MR) is 126 cm³/mol. The number of carbonyl (C=O) groups is 1. The van der Waals surface area contributed by atoms with Gasteiger partial charge in [0.1, 0.15) is 0 Å². The van der Waals surface area contributed by atoms with Crippen LogP contribution in [-0.2, 0) is 17.6 Å². The fourth-order valence-electron chi connectivity index (χ4n) is 4.10. The van der Waals surface area contributed by atoms with E-state index in [0.29, 0.717) is 18.0 Å². The van der Waals surface area contributed by atoms with Crippen LogP contribution in [0.1, 0.15) is 21.5 Å². The molecule has 5 rings (SSSR count). The van der Waals surface area contributed by atoms with Crippen LogP contribution in [0.4, 0.5) is 0 Å². The molecule has 1 aliphatic heterocycles. The topological polar surface area (TPSA) is 55.1 Å². The maximum atomic E-state index is 12.5. The highest BCUT2D eigenvalue weighted by molar-refractivity contribution is 14.1. The number of fused-ring (bicyclic) bond motifs is 5. The number of rotatable bonds is 5. The summed E-state index contributed by atoms with van der Waals surface area (Å²) < 4.78 is 8.49. The molecule has 150 valence electrons. The van der Waals surface area contributed by atoms with E-state index in [1.54, 1.807) is 7.11 Å². The maximum Gasteiger partial charge on any atom is 0.252 e. The van der Waals surface area contributed by atoms with E-state index in [1.807, 2.05) is 30.3 Å². The standard InChI is InChI=1S/C24H20IN3O2/c1-30-20-10-9-17-14-28-13-16-6-4-5-15(21(16)23(28)22(17)27-20)11-12-26-24(29)18-7-2-3-8-19(18)25/h2-8,10,13-14H,9,11-12H2,1H3,(H,26,29). The van der Waals surface area contributed by atoms with Crippen molar-refractivity contribution in [1.29, 1.82) is 0 Å². The van der Waals surface area contributed by atoms with Crippen molar-refractivity contribution in [2.75, 3.05) is 13.7 Å². The molecule has 0 saturated heterocycles. The third kappa shape index (κ3) is 3.25. The van der Waals surface area contributed by atoms with Gasteiger partial charge in [-0.2, -0.15) is 0 Å². The van der Waals surface area contributed by atoms with Crippen LogP contribution in [0.15, 0.2) is 71.8 Å². The van der Waals surface area contributed by atoms with Gasteiger partial charge in [0.25, 0.3) is 5.91 Å². The first kappa shape index (κ1) is 19.1. The predicted octanol–water partition coefficient (Wildman–Crippen LogP) is 4.05. The molecule has 0 saturated carbocycles. The molecule has 6 heteroatoms. The van der Waals surface area contributed by atoms with E-state index >= 15 is 0 Å². The fraction of sp³-hybridized carbons (Fsp3) is 0.167. The summed E-state index contributed by atoms with van der Waals surface area (Å²) in [7, 11) is 1.65. The second-order valence-corrected chi connectivity index (χ2v) is 8.48. The van der Waals surface area contributed by atoms with Crippen LogP contribution in [0.25, 0.3) is 16.3 Å². The fourth-order valence-corrected chi connectivity index (χ4v) is 4.73. The molecule has 0 spiro atoms. The van der Waals surface area contributed by atoms with E-state index in [-0.39, 0.29) is 5.91 Å². The molecule has 4 aromatic rings.